The second-order valence-corrected chi connectivity index (χ2v) is 5.84. The van der Waals surface area contributed by atoms with Gasteiger partial charge in [-0.1, -0.05) is 0 Å². The molecule has 2 aliphatic heterocycles. The van der Waals surface area contributed by atoms with Crippen LogP contribution in [-0.2, 0) is 4.74 Å². The topological polar surface area (TPSA) is 73.3 Å². The Labute approximate surface area is 132 Å². The summed E-state index contributed by atoms with van der Waals surface area (Å²) in [4.78, 5) is 18.2. The van der Waals surface area contributed by atoms with E-state index in [1.54, 1.807) is 18.5 Å². The highest BCUT2D eigenvalue weighted by Gasteiger charge is 2.47. The van der Waals surface area contributed by atoms with E-state index >= 15 is 0 Å². The molecule has 2 aromatic rings. The van der Waals surface area contributed by atoms with E-state index < -0.39 is 5.82 Å². The second kappa shape index (κ2) is 5.69. The van der Waals surface area contributed by atoms with Crippen molar-refractivity contribution in [2.24, 2.45) is 0 Å². The van der Waals surface area contributed by atoms with E-state index in [1.807, 2.05) is 4.90 Å². The zero-order valence-corrected chi connectivity index (χ0v) is 12.4. The van der Waals surface area contributed by atoms with E-state index in [-0.39, 0.29) is 11.7 Å². The molecule has 2 saturated heterocycles. The molecule has 0 bridgehead atoms. The quantitative estimate of drug-likeness (QED) is 0.842. The molecule has 0 amide bonds. The summed E-state index contributed by atoms with van der Waals surface area (Å²) in [6, 6.07) is 2.12. The fourth-order valence-electron chi connectivity index (χ4n) is 3.14. The van der Waals surface area contributed by atoms with Crippen LogP contribution in [0.2, 0.25) is 0 Å². The van der Waals surface area contributed by atoms with Crippen molar-refractivity contribution in [1.82, 2.24) is 19.9 Å². The maximum absolute atomic E-state index is 12.9. The average Bonchev–Trinajstić information content (AvgIpc) is 3.16. The maximum Gasteiger partial charge on any atom is 0.316 e. The first-order valence-electron chi connectivity index (χ1n) is 7.53. The summed E-state index contributed by atoms with van der Waals surface area (Å²) in [6.45, 7) is 1.96. The Hall–Kier alpha value is -2.35. The van der Waals surface area contributed by atoms with Gasteiger partial charge in [-0.15, -0.1) is 0 Å². The Morgan fingerprint density at radius 1 is 1.22 bits per heavy atom. The number of ether oxygens (including phenoxy) is 2. The van der Waals surface area contributed by atoms with Gasteiger partial charge in [-0.3, -0.25) is 0 Å². The van der Waals surface area contributed by atoms with Crippen LogP contribution in [0.15, 0.2) is 30.9 Å². The zero-order chi connectivity index (χ0) is 15.7. The molecule has 8 heteroatoms. The van der Waals surface area contributed by atoms with Crippen LogP contribution in [0.4, 0.5) is 10.3 Å². The molecule has 0 saturated carbocycles. The van der Waals surface area contributed by atoms with Crippen LogP contribution >= 0.6 is 0 Å². The van der Waals surface area contributed by atoms with Crippen LogP contribution < -0.4 is 9.64 Å². The molecule has 2 atom stereocenters. The van der Waals surface area contributed by atoms with Crippen LogP contribution in [-0.4, -0.2) is 51.3 Å². The number of anilines is 1. The van der Waals surface area contributed by atoms with Gasteiger partial charge in [-0.05, 0) is 12.5 Å². The van der Waals surface area contributed by atoms with Crippen molar-refractivity contribution in [3.8, 4) is 6.01 Å². The van der Waals surface area contributed by atoms with Gasteiger partial charge in [0.2, 0.25) is 5.95 Å². The fourth-order valence-corrected chi connectivity index (χ4v) is 3.14. The minimum Gasteiger partial charge on any atom is -0.458 e. The third-order valence-corrected chi connectivity index (χ3v) is 4.20. The number of halogens is 1. The van der Waals surface area contributed by atoms with Crippen molar-refractivity contribution >= 4 is 5.95 Å². The van der Waals surface area contributed by atoms with Crippen LogP contribution in [0.3, 0.4) is 0 Å². The van der Waals surface area contributed by atoms with E-state index in [0.29, 0.717) is 25.1 Å². The average molecular weight is 317 g/mol. The van der Waals surface area contributed by atoms with Gasteiger partial charge in [0.1, 0.15) is 6.10 Å². The number of hydrogen-bond donors (Lipinski definition) is 0. The largest absolute Gasteiger partial charge is 0.458 e. The molecule has 2 aliphatic rings. The van der Waals surface area contributed by atoms with Crippen molar-refractivity contribution in [2.45, 2.75) is 24.5 Å². The van der Waals surface area contributed by atoms with Crippen molar-refractivity contribution < 1.29 is 13.9 Å². The van der Waals surface area contributed by atoms with Crippen LogP contribution in [0.25, 0.3) is 0 Å². The first-order chi connectivity index (χ1) is 11.2. The van der Waals surface area contributed by atoms with Gasteiger partial charge in [-0.2, -0.15) is 0 Å². The van der Waals surface area contributed by atoms with Gasteiger partial charge in [-0.25, -0.2) is 24.3 Å². The van der Waals surface area contributed by atoms with Gasteiger partial charge in [0.05, 0.1) is 31.1 Å². The Balaban J connectivity index is 1.40. The van der Waals surface area contributed by atoms with E-state index in [4.69, 9.17) is 9.47 Å². The highest BCUT2D eigenvalue weighted by Crippen LogP contribution is 2.37. The first-order valence-corrected chi connectivity index (χ1v) is 7.53. The van der Waals surface area contributed by atoms with E-state index in [1.165, 1.54) is 12.4 Å². The monoisotopic (exact) mass is 317 g/mol. The van der Waals surface area contributed by atoms with E-state index in [0.717, 1.165) is 19.4 Å². The van der Waals surface area contributed by atoms with Gasteiger partial charge < -0.3 is 14.4 Å². The first kappa shape index (κ1) is 14.3. The third kappa shape index (κ3) is 2.94. The zero-order valence-electron chi connectivity index (χ0n) is 12.4. The molecule has 120 valence electrons. The number of rotatable bonds is 3. The molecule has 0 aliphatic carbocycles. The molecule has 2 fully saturated rings. The molecule has 0 aromatic carbocycles. The maximum atomic E-state index is 12.9. The summed E-state index contributed by atoms with van der Waals surface area (Å²) >= 11 is 0. The lowest BCUT2D eigenvalue weighted by Crippen LogP contribution is -2.34. The molecule has 4 rings (SSSR count). The lowest BCUT2D eigenvalue weighted by atomic mass is 9.98. The molecule has 2 aromatic heterocycles. The minimum atomic E-state index is -0.434. The van der Waals surface area contributed by atoms with Gasteiger partial charge in [0.25, 0.3) is 0 Å². The summed E-state index contributed by atoms with van der Waals surface area (Å²) in [5.41, 5.74) is -0.267. The molecule has 4 heterocycles. The predicted octanol–water partition coefficient (Wildman–Crippen LogP) is 1.22. The van der Waals surface area contributed by atoms with Gasteiger partial charge in [0.15, 0.2) is 5.82 Å². The predicted molar refractivity (Wildman–Crippen MR) is 78.6 cm³/mol. The Morgan fingerprint density at radius 2 is 2.00 bits per heavy atom. The highest BCUT2D eigenvalue weighted by molar-refractivity contribution is 5.33. The summed E-state index contributed by atoms with van der Waals surface area (Å²) in [6.07, 6.45) is 7.23. The van der Waals surface area contributed by atoms with Crippen LogP contribution in [0, 0.1) is 5.82 Å². The summed E-state index contributed by atoms with van der Waals surface area (Å²) in [7, 11) is 0. The normalized spacial score (nSPS) is 26.8. The van der Waals surface area contributed by atoms with E-state index in [2.05, 4.69) is 19.9 Å². The van der Waals surface area contributed by atoms with Crippen LogP contribution in [0.1, 0.15) is 12.8 Å². The molecule has 0 radical (unpaired) electrons. The molecule has 7 nitrogen and oxygen atoms in total. The van der Waals surface area contributed by atoms with Crippen LogP contribution in [0.5, 0.6) is 6.01 Å². The SMILES string of the molecule is Fc1cnc(N2CCC3(CC(Oc4ncccn4)CO3)C2)nc1. The van der Waals surface area contributed by atoms with Gasteiger partial charge >= 0.3 is 6.01 Å². The minimum absolute atomic E-state index is 0.0634. The summed E-state index contributed by atoms with van der Waals surface area (Å²) < 4.78 is 24.7. The Morgan fingerprint density at radius 3 is 2.78 bits per heavy atom. The Kier molecular flexibility index (Phi) is 3.53. The molecular weight excluding hydrogens is 301 g/mol. The molecule has 1 spiro atoms. The van der Waals surface area contributed by atoms with Crippen molar-refractivity contribution in [2.75, 3.05) is 24.6 Å². The fraction of sp³-hybridized carbons (Fsp3) is 0.467. The Bertz CT molecular complexity index is 671. The van der Waals surface area contributed by atoms with E-state index in [9.17, 15) is 4.39 Å². The molecule has 0 N–H and O–H groups in total. The number of aromatic nitrogens is 4. The second-order valence-electron chi connectivity index (χ2n) is 5.84. The van der Waals surface area contributed by atoms with Crippen molar-refractivity contribution in [1.29, 1.82) is 0 Å². The van der Waals surface area contributed by atoms with Gasteiger partial charge in [0, 0.05) is 25.4 Å². The smallest absolute Gasteiger partial charge is 0.316 e. The number of hydrogen-bond acceptors (Lipinski definition) is 7. The number of nitrogens with zero attached hydrogens (tertiary/aromatic N) is 5. The lowest BCUT2D eigenvalue weighted by Gasteiger charge is -2.23. The molecule has 2 unspecified atom stereocenters. The standard InChI is InChI=1S/C15H16FN5O2/c16-11-7-19-13(20-8-11)21-5-2-15(10-21)6-12(9-22-15)23-14-17-3-1-4-18-14/h1,3-4,7-8,12H,2,5-6,9-10H2. The van der Waals surface area contributed by atoms with Crippen molar-refractivity contribution in [3.63, 3.8) is 0 Å². The summed E-state index contributed by atoms with van der Waals surface area (Å²) in [5, 5.41) is 0. The molecule has 23 heavy (non-hydrogen) atoms. The third-order valence-electron chi connectivity index (χ3n) is 4.20. The van der Waals surface area contributed by atoms with Crippen molar-refractivity contribution in [3.05, 3.63) is 36.7 Å². The lowest BCUT2D eigenvalue weighted by molar-refractivity contribution is 0.0192. The summed E-state index contributed by atoms with van der Waals surface area (Å²) in [5.74, 6) is 0.0961. The highest BCUT2D eigenvalue weighted by atomic mass is 19.1. The molecular formula is C15H16FN5O2.